The van der Waals surface area contributed by atoms with E-state index in [1.165, 1.54) is 5.56 Å². The summed E-state index contributed by atoms with van der Waals surface area (Å²) in [6.07, 6.45) is 0.907. The second-order valence-corrected chi connectivity index (χ2v) is 3.57. The van der Waals surface area contributed by atoms with Gasteiger partial charge in [0.15, 0.2) is 0 Å². The molecule has 1 aliphatic rings. The Morgan fingerprint density at radius 2 is 2.14 bits per heavy atom. The van der Waals surface area contributed by atoms with Crippen molar-refractivity contribution >= 4 is 5.97 Å². The van der Waals surface area contributed by atoms with Crippen molar-refractivity contribution in [3.8, 4) is 0 Å². The van der Waals surface area contributed by atoms with Crippen LogP contribution in [0.25, 0.3) is 0 Å². The van der Waals surface area contributed by atoms with Crippen LogP contribution in [0, 0.1) is 0 Å². The third-order valence-electron chi connectivity index (χ3n) is 2.52. The lowest BCUT2D eigenvalue weighted by Gasteiger charge is -2.04. The molecule has 0 bridgehead atoms. The predicted molar refractivity (Wildman–Crippen MR) is 50.5 cm³/mol. The molecule has 14 heavy (non-hydrogen) atoms. The van der Waals surface area contributed by atoms with Crippen molar-refractivity contribution in [3.05, 3.63) is 35.9 Å². The van der Waals surface area contributed by atoms with Crippen molar-refractivity contribution in [1.82, 2.24) is 4.90 Å². The van der Waals surface area contributed by atoms with Crippen LogP contribution in [0.2, 0.25) is 0 Å². The van der Waals surface area contributed by atoms with Gasteiger partial charge < -0.3 is 9.90 Å². The van der Waals surface area contributed by atoms with Crippen LogP contribution in [0.5, 0.6) is 0 Å². The average Bonchev–Trinajstić information content (AvgIpc) is 2.96. The molecular weight excluding hydrogens is 178 g/mol. The summed E-state index contributed by atoms with van der Waals surface area (Å²) in [5, 5.41) is 10.4. The summed E-state index contributed by atoms with van der Waals surface area (Å²) in [6.45, 7) is 1.46. The van der Waals surface area contributed by atoms with Gasteiger partial charge in [-0.1, -0.05) is 30.3 Å². The highest BCUT2D eigenvalue weighted by Crippen LogP contribution is 2.16. The van der Waals surface area contributed by atoms with E-state index < -0.39 is 5.97 Å². The van der Waals surface area contributed by atoms with E-state index in [9.17, 15) is 9.90 Å². The minimum atomic E-state index is -0.946. The molecule has 1 heterocycles. The van der Waals surface area contributed by atoms with E-state index in [0.29, 0.717) is 6.54 Å². The van der Waals surface area contributed by atoms with Crippen LogP contribution in [0.3, 0.4) is 0 Å². The highest BCUT2D eigenvalue weighted by molar-refractivity contribution is 5.74. The van der Waals surface area contributed by atoms with Crippen LogP contribution in [0.1, 0.15) is 5.56 Å². The van der Waals surface area contributed by atoms with Crippen LogP contribution in [0.4, 0.5) is 0 Å². The van der Waals surface area contributed by atoms with Crippen molar-refractivity contribution in [1.29, 1.82) is 0 Å². The zero-order valence-electron chi connectivity index (χ0n) is 7.85. The molecule has 0 aromatic heterocycles. The normalized spacial score (nSPS) is 24.6. The summed E-state index contributed by atoms with van der Waals surface area (Å²) in [7, 11) is 0. The number of aliphatic carboxylic acids is 1. The first kappa shape index (κ1) is 9.21. The minimum Gasteiger partial charge on any atom is -0.548 e. The second kappa shape index (κ2) is 3.80. The maximum absolute atomic E-state index is 10.4. The number of benzene rings is 1. The van der Waals surface area contributed by atoms with E-state index in [1.54, 1.807) is 0 Å². The first-order valence-corrected chi connectivity index (χ1v) is 4.76. The Balaban J connectivity index is 1.77. The molecule has 74 valence electrons. The Morgan fingerprint density at radius 1 is 1.43 bits per heavy atom. The summed E-state index contributed by atoms with van der Waals surface area (Å²) in [5.74, 6) is -0.946. The molecule has 1 saturated heterocycles. The highest BCUT2D eigenvalue weighted by atomic mass is 16.4. The van der Waals surface area contributed by atoms with E-state index in [2.05, 4.69) is 12.1 Å². The molecule has 0 saturated carbocycles. The molecule has 1 unspecified atom stereocenters. The topological polar surface area (TPSA) is 43.1 Å². The third-order valence-corrected chi connectivity index (χ3v) is 2.52. The van der Waals surface area contributed by atoms with E-state index in [0.717, 1.165) is 13.0 Å². The highest BCUT2D eigenvalue weighted by Gasteiger charge is 2.33. The molecule has 0 radical (unpaired) electrons. The average molecular weight is 190 g/mol. The fraction of sp³-hybridized carbons (Fsp3) is 0.364. The van der Waals surface area contributed by atoms with E-state index in [4.69, 9.17) is 0 Å². The molecule has 0 aliphatic carbocycles. The number of hydrogen-bond donors (Lipinski definition) is 0. The summed E-state index contributed by atoms with van der Waals surface area (Å²) in [5.41, 5.74) is 1.25. The van der Waals surface area contributed by atoms with Crippen molar-refractivity contribution in [3.63, 3.8) is 0 Å². The van der Waals surface area contributed by atoms with E-state index in [1.807, 2.05) is 23.1 Å². The molecule has 0 N–H and O–H groups in total. The molecule has 0 spiro atoms. The van der Waals surface area contributed by atoms with Gasteiger partial charge >= 0.3 is 0 Å². The second-order valence-electron chi connectivity index (χ2n) is 3.57. The number of hydrogen-bond acceptors (Lipinski definition) is 3. The quantitative estimate of drug-likeness (QED) is 0.610. The van der Waals surface area contributed by atoms with Gasteiger partial charge in [-0.2, -0.15) is 0 Å². The lowest BCUT2D eigenvalue weighted by molar-refractivity contribution is -0.305. The fourth-order valence-electron chi connectivity index (χ4n) is 1.56. The van der Waals surface area contributed by atoms with Gasteiger partial charge in [0.25, 0.3) is 0 Å². The first-order valence-electron chi connectivity index (χ1n) is 4.76. The Bertz CT molecular complexity index is 323. The van der Waals surface area contributed by atoms with Gasteiger partial charge in [-0.05, 0) is 12.0 Å². The fourth-order valence-corrected chi connectivity index (χ4v) is 1.56. The number of rotatable bonds is 4. The van der Waals surface area contributed by atoms with E-state index in [-0.39, 0.29) is 6.04 Å². The van der Waals surface area contributed by atoms with Crippen LogP contribution in [-0.4, -0.2) is 30.0 Å². The molecule has 3 nitrogen and oxygen atoms in total. The lowest BCUT2D eigenvalue weighted by atomic mass is 10.1. The van der Waals surface area contributed by atoms with Crippen molar-refractivity contribution in [2.75, 3.05) is 13.1 Å². The Labute approximate surface area is 83.0 Å². The minimum absolute atomic E-state index is 0.335. The van der Waals surface area contributed by atoms with Crippen LogP contribution < -0.4 is 5.11 Å². The molecule has 2 atom stereocenters. The zero-order valence-corrected chi connectivity index (χ0v) is 7.85. The number of carbonyl (C=O) groups is 1. The number of carbonyl (C=O) groups excluding carboxylic acids is 1. The van der Waals surface area contributed by atoms with Gasteiger partial charge in [0.05, 0.1) is 12.0 Å². The van der Waals surface area contributed by atoms with Gasteiger partial charge in [-0.25, -0.2) is 0 Å². The van der Waals surface area contributed by atoms with E-state index >= 15 is 0 Å². The number of carboxylic acids is 1. The third kappa shape index (κ3) is 2.12. The summed E-state index contributed by atoms with van der Waals surface area (Å²) < 4.78 is 0. The monoisotopic (exact) mass is 190 g/mol. The molecule has 2 rings (SSSR count). The molecule has 1 aromatic rings. The van der Waals surface area contributed by atoms with Crippen LogP contribution in [-0.2, 0) is 11.2 Å². The zero-order chi connectivity index (χ0) is 9.97. The maximum Gasteiger partial charge on any atom is 0.0623 e. The Hall–Kier alpha value is -1.35. The van der Waals surface area contributed by atoms with Crippen molar-refractivity contribution in [2.45, 2.75) is 12.5 Å². The van der Waals surface area contributed by atoms with Gasteiger partial charge in [-0.15, -0.1) is 0 Å². The Morgan fingerprint density at radius 3 is 2.71 bits per heavy atom. The summed E-state index contributed by atoms with van der Waals surface area (Å²) in [4.78, 5) is 12.3. The van der Waals surface area contributed by atoms with Gasteiger partial charge in [0, 0.05) is 13.1 Å². The standard InChI is InChI=1S/C11H13NO2/c13-11(14)10-8-12(10)7-6-9-4-2-1-3-5-9/h1-5,10H,6-8H2,(H,13,14)/p-1/t10-,12?/m0/s1. The SMILES string of the molecule is O=C([O-])[C@@H]1CN1CCc1ccccc1. The predicted octanol–water partition coefficient (Wildman–Crippen LogP) is -0.337. The molecule has 1 aliphatic heterocycles. The van der Waals surface area contributed by atoms with Crippen molar-refractivity contribution < 1.29 is 9.90 Å². The smallest absolute Gasteiger partial charge is 0.0623 e. The van der Waals surface area contributed by atoms with Crippen LogP contribution >= 0.6 is 0 Å². The van der Waals surface area contributed by atoms with Crippen LogP contribution in [0.15, 0.2) is 30.3 Å². The largest absolute Gasteiger partial charge is 0.548 e. The number of carboxylic acid groups (broad SMARTS) is 1. The first-order chi connectivity index (χ1) is 6.77. The Kier molecular flexibility index (Phi) is 2.50. The number of nitrogens with zero attached hydrogens (tertiary/aromatic N) is 1. The van der Waals surface area contributed by atoms with Gasteiger partial charge in [0.1, 0.15) is 0 Å². The molecular formula is C11H12NO2-. The lowest BCUT2D eigenvalue weighted by Crippen LogP contribution is -2.30. The maximum atomic E-state index is 10.4. The molecule has 1 aromatic carbocycles. The summed E-state index contributed by atoms with van der Waals surface area (Å²) in [6, 6.07) is 9.74. The summed E-state index contributed by atoms with van der Waals surface area (Å²) >= 11 is 0. The van der Waals surface area contributed by atoms with Crippen molar-refractivity contribution in [2.24, 2.45) is 0 Å². The molecule has 1 fully saturated rings. The molecule has 3 heteroatoms. The molecule has 0 amide bonds. The van der Waals surface area contributed by atoms with Gasteiger partial charge in [0.2, 0.25) is 0 Å². The van der Waals surface area contributed by atoms with Gasteiger partial charge in [-0.3, -0.25) is 4.90 Å².